The molecule has 9 rings (SSSR count). The van der Waals surface area contributed by atoms with E-state index in [2.05, 4.69) is 52.8 Å². The highest BCUT2D eigenvalue weighted by atomic mass is 16.6. The van der Waals surface area contributed by atoms with E-state index in [4.69, 9.17) is 25.2 Å². The number of imidazole rings is 1. The van der Waals surface area contributed by atoms with Gasteiger partial charge in [0.15, 0.2) is 0 Å². The average Bonchev–Trinajstić information content (AvgIpc) is 4.05. The summed E-state index contributed by atoms with van der Waals surface area (Å²) in [6.07, 6.45) is 10.7. The minimum atomic E-state index is -0.546. The summed E-state index contributed by atoms with van der Waals surface area (Å²) in [7, 11) is 0. The van der Waals surface area contributed by atoms with Crippen molar-refractivity contribution in [1.29, 1.82) is 0 Å². The number of likely N-dealkylation sites (tertiary alicyclic amines) is 2. The normalized spacial score (nSPS) is 24.9. The van der Waals surface area contributed by atoms with Gasteiger partial charge in [-0.15, -0.1) is 0 Å². The summed E-state index contributed by atoms with van der Waals surface area (Å²) in [5.74, 6) is 0.808. The summed E-state index contributed by atoms with van der Waals surface area (Å²) >= 11 is 0. The van der Waals surface area contributed by atoms with E-state index in [1.54, 1.807) is 0 Å². The van der Waals surface area contributed by atoms with Crippen molar-refractivity contribution < 1.29 is 19.1 Å². The van der Waals surface area contributed by atoms with Crippen molar-refractivity contribution >= 4 is 28.8 Å². The van der Waals surface area contributed by atoms with Crippen molar-refractivity contribution in [3.05, 3.63) is 78.5 Å². The van der Waals surface area contributed by atoms with Crippen LogP contribution in [0.15, 0.2) is 67.0 Å². The molecule has 2 unspecified atom stereocenters. The van der Waals surface area contributed by atoms with Crippen LogP contribution in [0.25, 0.3) is 39.0 Å². The molecule has 288 valence electrons. The number of hydrogen-bond acceptors (Lipinski definition) is 8. The molecule has 3 saturated carbocycles. The van der Waals surface area contributed by atoms with Crippen LogP contribution >= 0.6 is 0 Å². The second kappa shape index (κ2) is 12.2. The number of hydrogen-bond donors (Lipinski definition) is 3. The van der Waals surface area contributed by atoms with Gasteiger partial charge in [-0.1, -0.05) is 36.4 Å². The minimum absolute atomic E-state index is 0.118. The molecule has 2 aliphatic heterocycles. The third kappa shape index (κ3) is 6.91. The number of pyridine rings is 1. The molecule has 0 bridgehead atoms. The second-order valence-corrected chi connectivity index (χ2v) is 19.1. The maximum absolute atomic E-state index is 13.2. The van der Waals surface area contributed by atoms with Crippen molar-refractivity contribution in [1.82, 2.24) is 30.1 Å². The van der Waals surface area contributed by atoms with Crippen molar-refractivity contribution in [2.24, 2.45) is 16.6 Å². The van der Waals surface area contributed by atoms with Crippen molar-refractivity contribution in [3.8, 4) is 22.4 Å². The van der Waals surface area contributed by atoms with Crippen LogP contribution in [0, 0.1) is 10.8 Å². The van der Waals surface area contributed by atoms with Gasteiger partial charge in [0.1, 0.15) is 17.0 Å². The lowest BCUT2D eigenvalue weighted by atomic mass is 10.0. The van der Waals surface area contributed by atoms with Gasteiger partial charge >= 0.3 is 12.2 Å². The number of rotatable bonds is 6. The van der Waals surface area contributed by atoms with Crippen LogP contribution in [0.2, 0.25) is 0 Å². The molecule has 55 heavy (non-hydrogen) atoms. The van der Waals surface area contributed by atoms with Gasteiger partial charge in [-0.05, 0) is 132 Å². The Bertz CT molecular complexity index is 2200. The van der Waals surface area contributed by atoms with Crippen LogP contribution in [0.1, 0.15) is 104 Å². The number of benzene rings is 2. The second-order valence-electron chi connectivity index (χ2n) is 19.1. The monoisotopic (exact) mass is 743 g/mol. The number of nitrogens with one attached hydrogen (secondary N) is 2. The summed E-state index contributed by atoms with van der Waals surface area (Å²) in [6, 6.07) is 18.8. The standard InChI is InChI=1S/C44H53N7O4/c1-40(2,3)54-38(52)50-25-42(15-16-42)20-35(50)37-47-23-34(49-37)28-9-7-27(8-10-28)29-11-13-32-30(19-29)12-14-33(48-32)31(45)22-46-36-21-44(36)24-43(17-18-43)26-51(44)39(53)55-41(4,5)6/h7-14,19,22-23,35-36,46H,15-18,20-21,24-26,45H2,1-6H3,(H,47,49)/b31-22-/t35-,36?,44?/m0/s1. The molecule has 11 nitrogen and oxygen atoms in total. The Morgan fingerprint density at radius 2 is 1.53 bits per heavy atom. The first kappa shape index (κ1) is 35.6. The van der Waals surface area contributed by atoms with Crippen LogP contribution in [0.3, 0.4) is 0 Å². The Morgan fingerprint density at radius 1 is 0.855 bits per heavy atom. The fourth-order valence-corrected chi connectivity index (χ4v) is 8.95. The lowest BCUT2D eigenvalue weighted by Crippen LogP contribution is -2.44. The molecular weight excluding hydrogens is 691 g/mol. The molecule has 3 atom stereocenters. The van der Waals surface area contributed by atoms with Gasteiger partial charge in [-0.2, -0.15) is 0 Å². The number of fused-ring (bicyclic) bond motifs is 1. The first-order chi connectivity index (χ1) is 26.0. The van der Waals surface area contributed by atoms with Crippen LogP contribution in [-0.4, -0.2) is 72.8 Å². The lowest BCUT2D eigenvalue weighted by molar-refractivity contribution is 0.0186. The number of carbonyl (C=O) groups is 2. The summed E-state index contributed by atoms with van der Waals surface area (Å²) in [5.41, 5.74) is 12.0. The number of aromatic nitrogens is 3. The molecule has 3 aliphatic carbocycles. The molecule has 4 aromatic rings. The van der Waals surface area contributed by atoms with Crippen molar-refractivity contribution in [2.45, 2.75) is 115 Å². The van der Waals surface area contributed by atoms with Gasteiger partial charge in [-0.25, -0.2) is 19.6 Å². The highest BCUT2D eigenvalue weighted by molar-refractivity contribution is 5.86. The van der Waals surface area contributed by atoms with Crippen molar-refractivity contribution in [3.63, 3.8) is 0 Å². The Labute approximate surface area is 323 Å². The molecule has 5 fully saturated rings. The van der Waals surface area contributed by atoms with Gasteiger partial charge in [0.05, 0.1) is 46.4 Å². The third-order valence-electron chi connectivity index (χ3n) is 12.3. The lowest BCUT2D eigenvalue weighted by Gasteiger charge is -2.29. The zero-order valence-electron chi connectivity index (χ0n) is 32.9. The number of aromatic amines is 1. The molecule has 0 radical (unpaired) electrons. The van der Waals surface area contributed by atoms with Gasteiger partial charge in [-0.3, -0.25) is 9.80 Å². The number of nitrogens with zero attached hydrogens (tertiary/aromatic N) is 4. The van der Waals surface area contributed by atoms with Crippen LogP contribution in [0.4, 0.5) is 9.59 Å². The van der Waals surface area contributed by atoms with Gasteiger partial charge < -0.3 is 25.5 Å². The summed E-state index contributed by atoms with van der Waals surface area (Å²) in [4.78, 5) is 43.3. The molecular formula is C44H53N7O4. The number of carbonyl (C=O) groups excluding carboxylic acids is 2. The molecule has 2 aromatic carbocycles. The van der Waals surface area contributed by atoms with Crippen LogP contribution in [0.5, 0.6) is 0 Å². The van der Waals surface area contributed by atoms with E-state index < -0.39 is 11.2 Å². The van der Waals surface area contributed by atoms with Crippen molar-refractivity contribution in [2.75, 3.05) is 13.1 Å². The molecule has 4 heterocycles. The predicted octanol–water partition coefficient (Wildman–Crippen LogP) is 8.53. The van der Waals surface area contributed by atoms with E-state index >= 15 is 0 Å². The van der Waals surface area contributed by atoms with E-state index in [1.807, 2.05) is 75.9 Å². The average molecular weight is 744 g/mol. The molecule has 4 N–H and O–H groups in total. The van der Waals surface area contributed by atoms with E-state index in [1.165, 1.54) is 12.8 Å². The number of H-pyrrole nitrogens is 1. The van der Waals surface area contributed by atoms with Gasteiger partial charge in [0.25, 0.3) is 0 Å². The Balaban J connectivity index is 0.858. The Morgan fingerprint density at radius 3 is 2.22 bits per heavy atom. The topological polar surface area (TPSA) is 139 Å². The predicted molar refractivity (Wildman–Crippen MR) is 212 cm³/mol. The summed E-state index contributed by atoms with van der Waals surface area (Å²) in [6.45, 7) is 13.0. The zero-order chi connectivity index (χ0) is 38.5. The molecule has 2 saturated heterocycles. The summed E-state index contributed by atoms with van der Waals surface area (Å²) < 4.78 is 11.6. The van der Waals surface area contributed by atoms with E-state index in [-0.39, 0.29) is 40.6 Å². The Hall–Kier alpha value is -5.06. The minimum Gasteiger partial charge on any atom is -0.444 e. The number of amides is 2. The fourth-order valence-electron chi connectivity index (χ4n) is 8.95. The molecule has 3 spiro atoms. The zero-order valence-corrected chi connectivity index (χ0v) is 32.9. The maximum Gasteiger partial charge on any atom is 0.410 e. The van der Waals surface area contributed by atoms with E-state index in [0.29, 0.717) is 11.4 Å². The molecule has 5 aliphatic rings. The van der Waals surface area contributed by atoms with Gasteiger partial charge in [0, 0.05) is 24.7 Å². The number of nitrogens with two attached hydrogens (primary N) is 1. The Kier molecular flexibility index (Phi) is 7.92. The van der Waals surface area contributed by atoms with E-state index in [0.717, 1.165) is 84.3 Å². The van der Waals surface area contributed by atoms with Gasteiger partial charge in [0.2, 0.25) is 0 Å². The molecule has 11 heteroatoms. The van der Waals surface area contributed by atoms with Crippen LogP contribution in [-0.2, 0) is 9.47 Å². The quantitative estimate of drug-likeness (QED) is 0.179. The maximum atomic E-state index is 13.2. The molecule has 2 aromatic heterocycles. The first-order valence-corrected chi connectivity index (χ1v) is 19.8. The first-order valence-electron chi connectivity index (χ1n) is 19.8. The third-order valence-corrected chi connectivity index (χ3v) is 12.3. The smallest absolute Gasteiger partial charge is 0.410 e. The number of ether oxygens (including phenoxy) is 2. The fraction of sp³-hybridized carbons (Fsp3) is 0.500. The highest BCUT2D eigenvalue weighted by Gasteiger charge is 2.71. The highest BCUT2D eigenvalue weighted by Crippen LogP contribution is 2.65. The largest absolute Gasteiger partial charge is 0.444 e. The summed E-state index contributed by atoms with van der Waals surface area (Å²) in [5, 5.41) is 4.55. The van der Waals surface area contributed by atoms with Crippen LogP contribution < -0.4 is 11.1 Å². The van der Waals surface area contributed by atoms with E-state index in [9.17, 15) is 9.59 Å². The SMILES string of the molecule is CC(C)(C)OC(=O)N1CC2(CC2)C[C@H]1c1ncc(-c2ccc(-c3ccc4nc(/C(N)=C/NC5CC56CC5(CC5)CN6C(=O)OC(C)(C)C)ccc4c3)cc2)[nH]1. The molecule has 2 amide bonds.